The van der Waals surface area contributed by atoms with Gasteiger partial charge >= 0.3 is 0 Å². The maximum absolute atomic E-state index is 12.2. The average Bonchev–Trinajstić information content (AvgIpc) is 2.37. The van der Waals surface area contributed by atoms with Gasteiger partial charge in [0.05, 0.1) is 0 Å². The van der Waals surface area contributed by atoms with Crippen LogP contribution >= 0.6 is 0 Å². The minimum absolute atomic E-state index is 0.169. The normalized spacial score (nSPS) is 22.5. The van der Waals surface area contributed by atoms with Crippen molar-refractivity contribution in [3.63, 3.8) is 0 Å². The van der Waals surface area contributed by atoms with Crippen LogP contribution in [0.2, 0.25) is 0 Å². The lowest BCUT2D eigenvalue weighted by Crippen LogP contribution is -2.40. The molecule has 0 heterocycles. The first-order valence-corrected chi connectivity index (χ1v) is 8.00. The van der Waals surface area contributed by atoms with Gasteiger partial charge in [0.2, 0.25) is 5.91 Å². The lowest BCUT2D eigenvalue weighted by atomic mass is 9.75. The standard InChI is InChI=1S/C18H28N2O/c1-13(14-6-8-15(19)9-7-14)11-17(21)20-16-5-4-10-18(2,3)12-16/h6-9,13,16H,4-5,10-12,19H2,1-3H3,(H,20,21). The topological polar surface area (TPSA) is 55.1 Å². The van der Waals surface area contributed by atoms with Crippen molar-refractivity contribution in [3.8, 4) is 0 Å². The van der Waals surface area contributed by atoms with Gasteiger partial charge in [0.1, 0.15) is 0 Å². The van der Waals surface area contributed by atoms with Gasteiger partial charge in [-0.15, -0.1) is 0 Å². The third-order valence-electron chi connectivity index (χ3n) is 4.57. The van der Waals surface area contributed by atoms with Crippen LogP contribution in [0.25, 0.3) is 0 Å². The van der Waals surface area contributed by atoms with Crippen LogP contribution in [0.5, 0.6) is 0 Å². The minimum atomic E-state index is 0.169. The van der Waals surface area contributed by atoms with Crippen molar-refractivity contribution in [2.45, 2.75) is 64.8 Å². The van der Waals surface area contributed by atoms with Crippen LogP contribution in [0, 0.1) is 5.41 Å². The van der Waals surface area contributed by atoms with E-state index in [1.165, 1.54) is 18.4 Å². The molecule has 1 amide bonds. The molecule has 0 saturated heterocycles. The van der Waals surface area contributed by atoms with E-state index in [0.717, 1.165) is 18.5 Å². The summed E-state index contributed by atoms with van der Waals surface area (Å²) in [5, 5.41) is 3.22. The number of rotatable bonds is 4. The Labute approximate surface area is 128 Å². The maximum atomic E-state index is 12.2. The molecule has 1 aromatic carbocycles. The zero-order valence-electron chi connectivity index (χ0n) is 13.5. The Hall–Kier alpha value is -1.51. The molecule has 3 nitrogen and oxygen atoms in total. The number of anilines is 1. The first kappa shape index (κ1) is 15.9. The Morgan fingerprint density at radius 2 is 2.05 bits per heavy atom. The smallest absolute Gasteiger partial charge is 0.220 e. The molecule has 3 N–H and O–H groups in total. The van der Waals surface area contributed by atoms with E-state index in [9.17, 15) is 4.79 Å². The molecule has 1 saturated carbocycles. The van der Waals surface area contributed by atoms with Crippen molar-refractivity contribution in [2.24, 2.45) is 5.41 Å². The number of nitrogen functional groups attached to an aromatic ring is 1. The Morgan fingerprint density at radius 1 is 1.38 bits per heavy atom. The van der Waals surface area contributed by atoms with Crippen LogP contribution in [-0.4, -0.2) is 11.9 Å². The fourth-order valence-electron chi connectivity index (χ4n) is 3.33. The highest BCUT2D eigenvalue weighted by Crippen LogP contribution is 2.35. The van der Waals surface area contributed by atoms with E-state index in [2.05, 4.69) is 26.1 Å². The quantitative estimate of drug-likeness (QED) is 0.827. The lowest BCUT2D eigenvalue weighted by molar-refractivity contribution is -0.122. The lowest BCUT2D eigenvalue weighted by Gasteiger charge is -2.35. The van der Waals surface area contributed by atoms with E-state index in [4.69, 9.17) is 5.73 Å². The molecule has 2 atom stereocenters. The molecule has 1 aliphatic rings. The number of carbonyl (C=O) groups is 1. The van der Waals surface area contributed by atoms with Crippen molar-refractivity contribution < 1.29 is 4.79 Å². The van der Waals surface area contributed by atoms with Crippen LogP contribution < -0.4 is 11.1 Å². The molecule has 116 valence electrons. The largest absolute Gasteiger partial charge is 0.399 e. The predicted octanol–water partition coefficient (Wildman–Crippen LogP) is 3.85. The zero-order chi connectivity index (χ0) is 15.5. The van der Waals surface area contributed by atoms with E-state index in [1.807, 2.05) is 24.3 Å². The van der Waals surface area contributed by atoms with Crippen LogP contribution in [0.15, 0.2) is 24.3 Å². The summed E-state index contributed by atoms with van der Waals surface area (Å²) < 4.78 is 0. The number of benzene rings is 1. The third-order valence-corrected chi connectivity index (χ3v) is 4.57. The molecule has 0 aromatic heterocycles. The summed E-state index contributed by atoms with van der Waals surface area (Å²) in [5.74, 6) is 0.393. The molecule has 1 aliphatic carbocycles. The van der Waals surface area contributed by atoms with E-state index in [-0.39, 0.29) is 11.8 Å². The van der Waals surface area contributed by atoms with Crippen LogP contribution in [0.3, 0.4) is 0 Å². The summed E-state index contributed by atoms with van der Waals surface area (Å²) in [7, 11) is 0. The molecule has 0 spiro atoms. The fourth-order valence-corrected chi connectivity index (χ4v) is 3.33. The van der Waals surface area contributed by atoms with Gasteiger partial charge in [0, 0.05) is 18.2 Å². The summed E-state index contributed by atoms with van der Waals surface area (Å²) in [6.07, 6.45) is 5.23. The van der Waals surface area contributed by atoms with Gasteiger partial charge in [-0.1, -0.05) is 39.3 Å². The number of carbonyl (C=O) groups excluding carboxylic acids is 1. The van der Waals surface area contributed by atoms with Gasteiger partial charge in [0.25, 0.3) is 0 Å². The van der Waals surface area contributed by atoms with Gasteiger partial charge in [-0.2, -0.15) is 0 Å². The number of hydrogen-bond donors (Lipinski definition) is 2. The second-order valence-corrected chi connectivity index (χ2v) is 7.30. The van der Waals surface area contributed by atoms with Gasteiger partial charge in [-0.3, -0.25) is 4.79 Å². The van der Waals surface area contributed by atoms with E-state index < -0.39 is 0 Å². The monoisotopic (exact) mass is 288 g/mol. The first-order valence-electron chi connectivity index (χ1n) is 8.00. The molecule has 0 radical (unpaired) electrons. The number of nitrogens with two attached hydrogens (primary N) is 1. The summed E-state index contributed by atoms with van der Waals surface area (Å²) >= 11 is 0. The maximum Gasteiger partial charge on any atom is 0.220 e. The highest BCUT2D eigenvalue weighted by molar-refractivity contribution is 5.77. The highest BCUT2D eigenvalue weighted by atomic mass is 16.1. The summed E-state index contributed by atoms with van der Waals surface area (Å²) in [6, 6.07) is 8.16. The summed E-state index contributed by atoms with van der Waals surface area (Å²) in [6.45, 7) is 6.68. The zero-order valence-corrected chi connectivity index (χ0v) is 13.5. The molecular weight excluding hydrogens is 260 g/mol. The van der Waals surface area contributed by atoms with Crippen molar-refractivity contribution >= 4 is 11.6 Å². The Kier molecular flexibility index (Phi) is 4.92. The minimum Gasteiger partial charge on any atom is -0.399 e. The van der Waals surface area contributed by atoms with Gasteiger partial charge in [-0.25, -0.2) is 0 Å². The van der Waals surface area contributed by atoms with Crippen molar-refractivity contribution in [2.75, 3.05) is 5.73 Å². The summed E-state index contributed by atoms with van der Waals surface area (Å²) in [4.78, 5) is 12.2. The second-order valence-electron chi connectivity index (χ2n) is 7.30. The summed E-state index contributed by atoms with van der Waals surface area (Å²) in [5.41, 5.74) is 7.99. The van der Waals surface area contributed by atoms with Gasteiger partial charge < -0.3 is 11.1 Å². The van der Waals surface area contributed by atoms with Gasteiger partial charge in [0.15, 0.2) is 0 Å². The second kappa shape index (κ2) is 6.50. The number of nitrogens with one attached hydrogen (secondary N) is 1. The molecule has 1 aromatic rings. The fraction of sp³-hybridized carbons (Fsp3) is 0.611. The molecule has 21 heavy (non-hydrogen) atoms. The Bertz CT molecular complexity index is 478. The van der Waals surface area contributed by atoms with Crippen LogP contribution in [0.1, 0.15) is 64.4 Å². The third kappa shape index (κ3) is 4.76. The van der Waals surface area contributed by atoms with Gasteiger partial charge in [-0.05, 0) is 48.3 Å². The molecule has 2 rings (SSSR count). The van der Waals surface area contributed by atoms with Crippen molar-refractivity contribution in [1.29, 1.82) is 0 Å². The average molecular weight is 288 g/mol. The van der Waals surface area contributed by atoms with E-state index in [0.29, 0.717) is 17.9 Å². The van der Waals surface area contributed by atoms with E-state index in [1.54, 1.807) is 0 Å². The molecule has 2 unspecified atom stereocenters. The molecule has 1 fully saturated rings. The predicted molar refractivity (Wildman–Crippen MR) is 88.1 cm³/mol. The molecular formula is C18H28N2O. The Balaban J connectivity index is 1.85. The van der Waals surface area contributed by atoms with Crippen LogP contribution in [-0.2, 0) is 4.79 Å². The molecule has 0 aliphatic heterocycles. The number of hydrogen-bond acceptors (Lipinski definition) is 2. The first-order chi connectivity index (χ1) is 9.85. The number of amides is 1. The molecule has 0 bridgehead atoms. The highest BCUT2D eigenvalue weighted by Gasteiger charge is 2.28. The van der Waals surface area contributed by atoms with Crippen molar-refractivity contribution in [1.82, 2.24) is 5.32 Å². The molecule has 3 heteroatoms. The van der Waals surface area contributed by atoms with Crippen molar-refractivity contribution in [3.05, 3.63) is 29.8 Å². The van der Waals surface area contributed by atoms with Crippen LogP contribution in [0.4, 0.5) is 5.69 Å². The Morgan fingerprint density at radius 3 is 2.67 bits per heavy atom. The SMILES string of the molecule is CC(CC(=O)NC1CCCC(C)(C)C1)c1ccc(N)cc1. The van der Waals surface area contributed by atoms with E-state index >= 15 is 0 Å².